The predicted molar refractivity (Wildman–Crippen MR) is 57.6 cm³/mol. The van der Waals surface area contributed by atoms with Crippen LogP contribution in [0.1, 0.15) is 24.2 Å². The van der Waals surface area contributed by atoms with Crippen molar-refractivity contribution < 1.29 is 9.53 Å². The van der Waals surface area contributed by atoms with Crippen LogP contribution < -0.4 is 4.74 Å². The number of halogens is 2. The molecule has 76 valence electrons. The fourth-order valence-electron chi connectivity index (χ4n) is 1.16. The number of benzene rings is 1. The number of ketones is 1. The van der Waals surface area contributed by atoms with Crippen LogP contribution in [-0.2, 0) is 0 Å². The molecule has 0 aromatic heterocycles. The maximum absolute atomic E-state index is 11.3. The normalized spacial score (nSPS) is 10.0. The van der Waals surface area contributed by atoms with Crippen LogP contribution in [-0.4, -0.2) is 12.4 Å². The lowest BCUT2D eigenvalue weighted by Crippen LogP contribution is -2.01. The molecule has 0 N–H and O–H groups in total. The van der Waals surface area contributed by atoms with Gasteiger partial charge in [0.05, 0.1) is 17.2 Å². The Morgan fingerprint density at radius 3 is 2.57 bits per heavy atom. The Balaban J connectivity index is 3.28. The molecule has 0 saturated carbocycles. The molecule has 0 bridgehead atoms. The minimum atomic E-state index is -0.130. The second-order valence-electron chi connectivity index (χ2n) is 2.75. The molecular weight excluding hydrogens is 223 g/mol. The number of hydrogen-bond acceptors (Lipinski definition) is 2. The number of Topliss-reactive ketones (excluding diaryl/α,β-unsaturated/α-hetero) is 1. The van der Waals surface area contributed by atoms with Gasteiger partial charge in [0.1, 0.15) is 5.75 Å². The average Bonchev–Trinajstić information content (AvgIpc) is 2.01. The minimum Gasteiger partial charge on any atom is -0.493 e. The molecule has 4 heteroatoms. The van der Waals surface area contributed by atoms with Gasteiger partial charge >= 0.3 is 0 Å². The van der Waals surface area contributed by atoms with Crippen LogP contribution in [0, 0.1) is 0 Å². The van der Waals surface area contributed by atoms with Crippen molar-refractivity contribution in [3.05, 3.63) is 27.7 Å². The summed E-state index contributed by atoms with van der Waals surface area (Å²) in [6.07, 6.45) is 0. The molecule has 0 radical (unpaired) electrons. The van der Waals surface area contributed by atoms with E-state index in [9.17, 15) is 4.79 Å². The zero-order valence-corrected chi connectivity index (χ0v) is 9.45. The quantitative estimate of drug-likeness (QED) is 0.745. The Kier molecular flexibility index (Phi) is 3.78. The Labute approximate surface area is 92.8 Å². The molecule has 1 aromatic rings. The third-order valence-corrected chi connectivity index (χ3v) is 2.19. The monoisotopic (exact) mass is 232 g/mol. The summed E-state index contributed by atoms with van der Waals surface area (Å²) in [6, 6.07) is 3.12. The molecule has 0 aliphatic heterocycles. The second-order valence-corrected chi connectivity index (χ2v) is 3.59. The molecule has 14 heavy (non-hydrogen) atoms. The number of carbonyl (C=O) groups excluding carboxylic acids is 1. The highest BCUT2D eigenvalue weighted by Crippen LogP contribution is 2.31. The van der Waals surface area contributed by atoms with Crippen molar-refractivity contribution in [3.63, 3.8) is 0 Å². The smallest absolute Gasteiger partial charge is 0.165 e. The first-order valence-electron chi connectivity index (χ1n) is 4.19. The summed E-state index contributed by atoms with van der Waals surface area (Å²) in [5.41, 5.74) is 0.387. The van der Waals surface area contributed by atoms with E-state index < -0.39 is 0 Å². The Hall–Kier alpha value is -0.730. The summed E-state index contributed by atoms with van der Waals surface area (Å²) in [6.45, 7) is 3.74. The van der Waals surface area contributed by atoms with Crippen molar-refractivity contribution in [1.29, 1.82) is 0 Å². The first kappa shape index (κ1) is 11.3. The van der Waals surface area contributed by atoms with Gasteiger partial charge in [-0.2, -0.15) is 0 Å². The van der Waals surface area contributed by atoms with Crippen molar-refractivity contribution in [2.75, 3.05) is 6.61 Å². The van der Waals surface area contributed by atoms with Gasteiger partial charge < -0.3 is 4.74 Å². The van der Waals surface area contributed by atoms with E-state index in [0.717, 1.165) is 0 Å². The molecule has 0 spiro atoms. The molecule has 0 unspecified atom stereocenters. The number of hydrogen-bond donors (Lipinski definition) is 0. The Bertz CT molecular complexity index is 361. The van der Waals surface area contributed by atoms with Crippen LogP contribution in [0.4, 0.5) is 0 Å². The number of ether oxygens (including phenoxy) is 1. The SMILES string of the molecule is CCOc1cc(Cl)cc(Cl)c1C(C)=O. The third-order valence-electron chi connectivity index (χ3n) is 1.67. The fraction of sp³-hybridized carbons (Fsp3) is 0.300. The highest BCUT2D eigenvalue weighted by molar-refractivity contribution is 6.37. The van der Waals surface area contributed by atoms with Crippen molar-refractivity contribution in [1.82, 2.24) is 0 Å². The molecule has 0 aliphatic carbocycles. The lowest BCUT2D eigenvalue weighted by atomic mass is 10.1. The summed E-state index contributed by atoms with van der Waals surface area (Å²) in [7, 11) is 0. The van der Waals surface area contributed by atoms with Gasteiger partial charge in [-0.15, -0.1) is 0 Å². The van der Waals surface area contributed by atoms with E-state index >= 15 is 0 Å². The van der Waals surface area contributed by atoms with E-state index in [1.54, 1.807) is 6.07 Å². The van der Waals surface area contributed by atoms with Gasteiger partial charge in [-0.05, 0) is 26.0 Å². The zero-order valence-electron chi connectivity index (χ0n) is 7.93. The standard InChI is InChI=1S/C10H10Cl2O2/c1-3-14-9-5-7(11)4-8(12)10(9)6(2)13/h4-5H,3H2,1-2H3. The molecule has 1 rings (SSSR count). The molecule has 1 aromatic carbocycles. The molecule has 0 heterocycles. The predicted octanol–water partition coefficient (Wildman–Crippen LogP) is 3.59. The summed E-state index contributed by atoms with van der Waals surface area (Å²) >= 11 is 11.7. The van der Waals surface area contributed by atoms with E-state index in [-0.39, 0.29) is 5.78 Å². The van der Waals surface area contributed by atoms with E-state index in [0.29, 0.717) is 28.0 Å². The van der Waals surface area contributed by atoms with Crippen molar-refractivity contribution in [3.8, 4) is 5.75 Å². The maximum Gasteiger partial charge on any atom is 0.165 e. The second kappa shape index (κ2) is 4.67. The molecule has 0 aliphatic rings. The van der Waals surface area contributed by atoms with E-state index in [1.807, 2.05) is 6.92 Å². The van der Waals surface area contributed by atoms with Crippen LogP contribution in [0.2, 0.25) is 10.0 Å². The van der Waals surface area contributed by atoms with Gasteiger partial charge in [0.25, 0.3) is 0 Å². The van der Waals surface area contributed by atoms with Crippen molar-refractivity contribution in [2.24, 2.45) is 0 Å². The van der Waals surface area contributed by atoms with Crippen molar-refractivity contribution >= 4 is 29.0 Å². The van der Waals surface area contributed by atoms with Gasteiger partial charge in [0, 0.05) is 5.02 Å². The Morgan fingerprint density at radius 1 is 1.43 bits per heavy atom. The zero-order chi connectivity index (χ0) is 10.7. The largest absolute Gasteiger partial charge is 0.493 e. The molecular formula is C10H10Cl2O2. The van der Waals surface area contributed by atoms with E-state index in [4.69, 9.17) is 27.9 Å². The molecule has 0 atom stereocenters. The number of rotatable bonds is 3. The first-order valence-corrected chi connectivity index (χ1v) is 4.94. The summed E-state index contributed by atoms with van der Waals surface area (Å²) in [4.78, 5) is 11.3. The highest BCUT2D eigenvalue weighted by Gasteiger charge is 2.14. The topological polar surface area (TPSA) is 26.3 Å². The lowest BCUT2D eigenvalue weighted by molar-refractivity contribution is 0.101. The van der Waals surface area contributed by atoms with Crippen LogP contribution >= 0.6 is 23.2 Å². The van der Waals surface area contributed by atoms with Crippen LogP contribution in [0.15, 0.2) is 12.1 Å². The Morgan fingerprint density at radius 2 is 2.07 bits per heavy atom. The van der Waals surface area contributed by atoms with Crippen LogP contribution in [0.25, 0.3) is 0 Å². The maximum atomic E-state index is 11.3. The third kappa shape index (κ3) is 2.40. The minimum absolute atomic E-state index is 0.130. The lowest BCUT2D eigenvalue weighted by Gasteiger charge is -2.09. The van der Waals surface area contributed by atoms with Gasteiger partial charge in [0.15, 0.2) is 5.78 Å². The van der Waals surface area contributed by atoms with Gasteiger partial charge in [-0.1, -0.05) is 23.2 Å². The molecule has 0 saturated heterocycles. The van der Waals surface area contributed by atoms with E-state index in [2.05, 4.69) is 0 Å². The van der Waals surface area contributed by atoms with Gasteiger partial charge in [-0.25, -0.2) is 0 Å². The molecule has 2 nitrogen and oxygen atoms in total. The average molecular weight is 233 g/mol. The first-order chi connectivity index (χ1) is 6.56. The van der Waals surface area contributed by atoms with Crippen LogP contribution in [0.3, 0.4) is 0 Å². The summed E-state index contributed by atoms with van der Waals surface area (Å²) in [5, 5.41) is 0.789. The highest BCUT2D eigenvalue weighted by atomic mass is 35.5. The molecule has 0 amide bonds. The summed E-state index contributed by atoms with van der Waals surface area (Å²) in [5.74, 6) is 0.313. The summed E-state index contributed by atoms with van der Waals surface area (Å²) < 4.78 is 5.27. The van der Waals surface area contributed by atoms with Crippen LogP contribution in [0.5, 0.6) is 5.75 Å². The van der Waals surface area contributed by atoms with Gasteiger partial charge in [0.2, 0.25) is 0 Å². The fourth-order valence-corrected chi connectivity index (χ4v) is 1.77. The van der Waals surface area contributed by atoms with E-state index in [1.165, 1.54) is 13.0 Å². The molecule has 0 fully saturated rings. The number of carbonyl (C=O) groups is 1. The van der Waals surface area contributed by atoms with Crippen molar-refractivity contribution in [2.45, 2.75) is 13.8 Å². The van der Waals surface area contributed by atoms with Gasteiger partial charge in [-0.3, -0.25) is 4.79 Å².